The molecule has 0 saturated heterocycles. The van der Waals surface area contributed by atoms with Gasteiger partial charge >= 0.3 is 0 Å². The zero-order valence-electron chi connectivity index (χ0n) is 9.22. The first kappa shape index (κ1) is 12.0. The van der Waals surface area contributed by atoms with E-state index < -0.39 is 0 Å². The van der Waals surface area contributed by atoms with Gasteiger partial charge in [0.1, 0.15) is 0 Å². The van der Waals surface area contributed by atoms with Crippen LogP contribution in [0.4, 0.5) is 0 Å². The lowest BCUT2D eigenvalue weighted by molar-refractivity contribution is 0.00209. The van der Waals surface area contributed by atoms with Gasteiger partial charge in [0.15, 0.2) is 0 Å². The highest BCUT2D eigenvalue weighted by Crippen LogP contribution is 2.31. The van der Waals surface area contributed by atoms with Crippen LogP contribution in [0.15, 0.2) is 0 Å². The molecule has 2 atom stereocenters. The average Bonchev–Trinajstić information content (AvgIpc) is 2.03. The Morgan fingerprint density at radius 2 is 1.75 bits per heavy atom. The number of rotatable bonds is 5. The van der Waals surface area contributed by atoms with Crippen molar-refractivity contribution in [2.45, 2.75) is 60.0 Å². The van der Waals surface area contributed by atoms with E-state index in [1.807, 2.05) is 0 Å². The lowest BCUT2D eigenvalue weighted by Gasteiger charge is -2.33. The third-order valence-electron chi connectivity index (χ3n) is 2.99. The molecule has 0 radical (unpaired) electrons. The molecule has 0 aromatic rings. The maximum absolute atomic E-state index is 9.98. The minimum Gasteiger partial charge on any atom is -0.392 e. The molecule has 0 saturated carbocycles. The molecule has 0 aliphatic heterocycles. The Balaban J connectivity index is 4.07. The molecule has 0 aromatic heterocycles. The number of aliphatic hydroxyl groups is 1. The van der Waals surface area contributed by atoms with Gasteiger partial charge in [0.2, 0.25) is 0 Å². The summed E-state index contributed by atoms with van der Waals surface area (Å²) < 4.78 is 0. The molecule has 0 aliphatic carbocycles. The Bertz CT molecular complexity index is 118. The van der Waals surface area contributed by atoms with Crippen molar-refractivity contribution >= 4 is 0 Å². The first-order valence-electron chi connectivity index (χ1n) is 5.13. The third-order valence-corrected chi connectivity index (χ3v) is 2.99. The molecule has 0 bridgehead atoms. The molecule has 2 unspecified atom stereocenters. The normalized spacial score (nSPS) is 17.5. The van der Waals surface area contributed by atoms with Crippen molar-refractivity contribution in [1.82, 2.24) is 0 Å². The van der Waals surface area contributed by atoms with Crippen molar-refractivity contribution in [2.75, 3.05) is 0 Å². The van der Waals surface area contributed by atoms with E-state index in [4.69, 9.17) is 0 Å². The van der Waals surface area contributed by atoms with Gasteiger partial charge in [-0.15, -0.1) is 0 Å². The van der Waals surface area contributed by atoms with Gasteiger partial charge in [0.25, 0.3) is 0 Å². The van der Waals surface area contributed by atoms with E-state index in [9.17, 15) is 5.11 Å². The smallest absolute Gasteiger partial charge is 0.0616 e. The minimum absolute atomic E-state index is 0.0780. The van der Waals surface area contributed by atoms with Gasteiger partial charge in [0.05, 0.1) is 6.10 Å². The van der Waals surface area contributed by atoms with Crippen LogP contribution in [0.25, 0.3) is 0 Å². The van der Waals surface area contributed by atoms with Gasteiger partial charge in [0, 0.05) is 0 Å². The van der Waals surface area contributed by atoms with Gasteiger partial charge in [-0.05, 0) is 24.2 Å². The van der Waals surface area contributed by atoms with Crippen LogP contribution in [0.3, 0.4) is 0 Å². The lowest BCUT2D eigenvalue weighted by atomic mass is 9.77. The maximum Gasteiger partial charge on any atom is 0.0616 e. The third kappa shape index (κ3) is 3.14. The summed E-state index contributed by atoms with van der Waals surface area (Å²) in [6.07, 6.45) is 3.19. The van der Waals surface area contributed by atoms with Crippen LogP contribution >= 0.6 is 0 Å². The van der Waals surface area contributed by atoms with E-state index in [0.29, 0.717) is 5.92 Å². The van der Waals surface area contributed by atoms with Crippen LogP contribution < -0.4 is 0 Å². The Morgan fingerprint density at radius 3 is 2.08 bits per heavy atom. The Hall–Kier alpha value is -0.0400. The zero-order valence-corrected chi connectivity index (χ0v) is 9.22. The molecule has 0 heterocycles. The minimum atomic E-state index is -0.151. The van der Waals surface area contributed by atoms with E-state index >= 15 is 0 Å². The second kappa shape index (κ2) is 4.86. The van der Waals surface area contributed by atoms with Crippen LogP contribution in [-0.4, -0.2) is 11.2 Å². The molecular formula is C11H24O. The van der Waals surface area contributed by atoms with Gasteiger partial charge in [-0.2, -0.15) is 0 Å². The SMILES string of the molecule is CCCC(C)C(O)C(C)(C)CC. The second-order valence-corrected chi connectivity index (χ2v) is 4.55. The van der Waals surface area contributed by atoms with Crippen molar-refractivity contribution in [1.29, 1.82) is 0 Å². The van der Waals surface area contributed by atoms with E-state index in [-0.39, 0.29) is 11.5 Å². The van der Waals surface area contributed by atoms with Gasteiger partial charge < -0.3 is 5.11 Å². The predicted molar refractivity (Wildman–Crippen MR) is 54.2 cm³/mol. The molecule has 0 aromatic carbocycles. The fraction of sp³-hybridized carbons (Fsp3) is 1.00. The van der Waals surface area contributed by atoms with Crippen LogP contribution in [0, 0.1) is 11.3 Å². The van der Waals surface area contributed by atoms with Crippen molar-refractivity contribution in [3.05, 3.63) is 0 Å². The Kier molecular flexibility index (Phi) is 4.84. The molecule has 12 heavy (non-hydrogen) atoms. The average molecular weight is 172 g/mol. The quantitative estimate of drug-likeness (QED) is 0.675. The van der Waals surface area contributed by atoms with E-state index in [0.717, 1.165) is 19.3 Å². The summed E-state index contributed by atoms with van der Waals surface area (Å²) >= 11 is 0. The highest BCUT2D eigenvalue weighted by molar-refractivity contribution is 4.79. The van der Waals surface area contributed by atoms with Crippen molar-refractivity contribution in [3.8, 4) is 0 Å². The number of aliphatic hydroxyl groups excluding tert-OH is 1. The summed E-state index contributed by atoms with van der Waals surface area (Å²) in [5.41, 5.74) is 0.0780. The number of hydrogen-bond donors (Lipinski definition) is 1. The molecule has 0 spiro atoms. The Morgan fingerprint density at radius 1 is 1.25 bits per heavy atom. The van der Waals surface area contributed by atoms with Crippen LogP contribution in [-0.2, 0) is 0 Å². The van der Waals surface area contributed by atoms with Crippen LogP contribution in [0.1, 0.15) is 53.9 Å². The second-order valence-electron chi connectivity index (χ2n) is 4.55. The van der Waals surface area contributed by atoms with Crippen LogP contribution in [0.5, 0.6) is 0 Å². The fourth-order valence-corrected chi connectivity index (χ4v) is 1.59. The predicted octanol–water partition coefficient (Wildman–Crippen LogP) is 3.22. The first-order valence-corrected chi connectivity index (χ1v) is 5.13. The molecular weight excluding hydrogens is 148 g/mol. The molecule has 0 fully saturated rings. The molecule has 1 heteroatoms. The number of hydrogen-bond acceptors (Lipinski definition) is 1. The van der Waals surface area contributed by atoms with Gasteiger partial charge in [-0.3, -0.25) is 0 Å². The lowest BCUT2D eigenvalue weighted by Crippen LogP contribution is -2.34. The van der Waals surface area contributed by atoms with E-state index in [1.54, 1.807) is 0 Å². The topological polar surface area (TPSA) is 20.2 Å². The summed E-state index contributed by atoms with van der Waals surface area (Å²) in [5, 5.41) is 9.98. The molecule has 0 rings (SSSR count). The summed E-state index contributed by atoms with van der Waals surface area (Å²) in [7, 11) is 0. The van der Waals surface area contributed by atoms with Gasteiger partial charge in [-0.25, -0.2) is 0 Å². The summed E-state index contributed by atoms with van der Waals surface area (Å²) in [6.45, 7) is 10.7. The molecule has 0 aliphatic rings. The van der Waals surface area contributed by atoms with Crippen LogP contribution in [0.2, 0.25) is 0 Å². The summed E-state index contributed by atoms with van der Waals surface area (Å²) in [4.78, 5) is 0. The monoisotopic (exact) mass is 172 g/mol. The largest absolute Gasteiger partial charge is 0.392 e. The molecule has 1 N–H and O–H groups in total. The molecule has 74 valence electrons. The summed E-state index contributed by atoms with van der Waals surface area (Å²) in [5.74, 6) is 0.435. The fourth-order valence-electron chi connectivity index (χ4n) is 1.59. The van der Waals surface area contributed by atoms with Gasteiger partial charge in [-0.1, -0.05) is 41.0 Å². The highest BCUT2D eigenvalue weighted by Gasteiger charge is 2.29. The summed E-state index contributed by atoms with van der Waals surface area (Å²) in [6, 6.07) is 0. The van der Waals surface area contributed by atoms with E-state index in [2.05, 4.69) is 34.6 Å². The first-order chi connectivity index (χ1) is 5.45. The van der Waals surface area contributed by atoms with Crippen molar-refractivity contribution < 1.29 is 5.11 Å². The highest BCUT2D eigenvalue weighted by atomic mass is 16.3. The van der Waals surface area contributed by atoms with Crippen molar-refractivity contribution in [3.63, 3.8) is 0 Å². The van der Waals surface area contributed by atoms with Crippen molar-refractivity contribution in [2.24, 2.45) is 11.3 Å². The molecule has 1 nitrogen and oxygen atoms in total. The van der Waals surface area contributed by atoms with E-state index in [1.165, 1.54) is 0 Å². The zero-order chi connectivity index (χ0) is 9.78. The molecule has 0 amide bonds. The Labute approximate surface area is 77.2 Å². The standard InChI is InChI=1S/C11H24O/c1-6-8-9(3)10(12)11(4,5)7-2/h9-10,12H,6-8H2,1-5H3. The maximum atomic E-state index is 9.98.